The summed E-state index contributed by atoms with van der Waals surface area (Å²) in [5.41, 5.74) is 7.21. The number of nitrogens with zero attached hydrogens (tertiary/aromatic N) is 2. The fraction of sp³-hybridized carbons (Fsp3) is 0.0588. The number of anilines is 1. The van der Waals surface area contributed by atoms with Crippen LogP contribution in [-0.2, 0) is 0 Å². The highest BCUT2D eigenvalue weighted by atomic mass is 32.1. The predicted octanol–water partition coefficient (Wildman–Crippen LogP) is 4.61. The van der Waals surface area contributed by atoms with Crippen LogP contribution in [-0.4, -0.2) is 15.7 Å². The number of aromatic nitrogens is 2. The molecule has 2 N–H and O–H groups in total. The summed E-state index contributed by atoms with van der Waals surface area (Å²) in [6, 6.07) is 16.3. The highest BCUT2D eigenvalue weighted by molar-refractivity contribution is 7.22. The highest BCUT2D eigenvalue weighted by Gasteiger charge is 2.06. The van der Waals surface area contributed by atoms with Crippen molar-refractivity contribution in [1.82, 2.24) is 9.97 Å². The summed E-state index contributed by atoms with van der Waals surface area (Å²) < 4.78 is 1.16. The number of nitrogens with one attached hydrogen (secondary N) is 2. The predicted molar refractivity (Wildman–Crippen MR) is 93.8 cm³/mol. The number of fused-ring (bicyclic) bond motifs is 2. The summed E-state index contributed by atoms with van der Waals surface area (Å²) >= 11 is 1.60. The van der Waals surface area contributed by atoms with Crippen LogP contribution in [0.5, 0.6) is 0 Å². The summed E-state index contributed by atoms with van der Waals surface area (Å²) in [5.74, 6) is 0. The first-order chi connectivity index (χ1) is 10.8. The number of thiazole rings is 1. The molecule has 0 saturated heterocycles. The number of hydrogen-bond acceptors (Lipinski definition) is 4. The van der Waals surface area contributed by atoms with Crippen molar-refractivity contribution in [2.45, 2.75) is 6.92 Å². The number of hydrazone groups is 1. The van der Waals surface area contributed by atoms with Crippen LogP contribution in [0.4, 0.5) is 5.13 Å². The number of rotatable bonds is 3. The first kappa shape index (κ1) is 13.0. The standard InChI is InChI=1S/C17H14N4S/c1-11(13-10-18-14-7-3-2-6-12(13)14)20-21-17-19-15-8-4-5-9-16(15)22-17/h2-10,18H,1H3,(H,19,21)/b20-11+. The third-order valence-corrected chi connectivity index (χ3v) is 4.53. The van der Waals surface area contributed by atoms with Crippen LogP contribution >= 0.6 is 11.3 Å². The Bertz CT molecular complexity index is 947. The Balaban J connectivity index is 1.64. The quantitative estimate of drug-likeness (QED) is 0.429. The van der Waals surface area contributed by atoms with Gasteiger partial charge < -0.3 is 4.98 Å². The van der Waals surface area contributed by atoms with E-state index in [9.17, 15) is 0 Å². The van der Waals surface area contributed by atoms with Gasteiger partial charge in [-0.3, -0.25) is 5.43 Å². The Morgan fingerprint density at radius 3 is 2.86 bits per heavy atom. The Kier molecular flexibility index (Phi) is 3.12. The van der Waals surface area contributed by atoms with Crippen molar-refractivity contribution in [2.24, 2.45) is 5.10 Å². The van der Waals surface area contributed by atoms with E-state index in [0.717, 1.165) is 32.1 Å². The summed E-state index contributed by atoms with van der Waals surface area (Å²) in [6.07, 6.45) is 1.99. The minimum atomic E-state index is 0.806. The van der Waals surface area contributed by atoms with Gasteiger partial charge >= 0.3 is 0 Å². The summed E-state index contributed by atoms with van der Waals surface area (Å²) in [6.45, 7) is 2.00. The number of para-hydroxylation sites is 2. The molecular formula is C17H14N4S. The smallest absolute Gasteiger partial charge is 0.204 e. The van der Waals surface area contributed by atoms with Crippen LogP contribution in [0.1, 0.15) is 12.5 Å². The lowest BCUT2D eigenvalue weighted by Crippen LogP contribution is -1.98. The Morgan fingerprint density at radius 2 is 1.95 bits per heavy atom. The molecule has 0 atom stereocenters. The molecule has 0 amide bonds. The third-order valence-electron chi connectivity index (χ3n) is 3.59. The maximum Gasteiger partial charge on any atom is 0.204 e. The average Bonchev–Trinajstić information content (AvgIpc) is 3.16. The van der Waals surface area contributed by atoms with Crippen LogP contribution in [0.2, 0.25) is 0 Å². The molecule has 0 aliphatic heterocycles. The Labute approximate surface area is 131 Å². The molecule has 108 valence electrons. The lowest BCUT2D eigenvalue weighted by Gasteiger charge is -1.99. The van der Waals surface area contributed by atoms with Gasteiger partial charge in [0.05, 0.1) is 15.9 Å². The molecule has 2 aromatic carbocycles. The number of benzene rings is 2. The topological polar surface area (TPSA) is 53.1 Å². The van der Waals surface area contributed by atoms with Gasteiger partial charge in [-0.05, 0) is 25.1 Å². The maximum absolute atomic E-state index is 4.52. The number of hydrogen-bond donors (Lipinski definition) is 2. The van der Waals surface area contributed by atoms with Crippen LogP contribution in [0.25, 0.3) is 21.1 Å². The van der Waals surface area contributed by atoms with Crippen LogP contribution < -0.4 is 5.43 Å². The van der Waals surface area contributed by atoms with Crippen molar-refractivity contribution in [2.75, 3.05) is 5.43 Å². The third kappa shape index (κ3) is 2.25. The van der Waals surface area contributed by atoms with Gasteiger partial charge in [-0.1, -0.05) is 41.7 Å². The number of aromatic amines is 1. The minimum Gasteiger partial charge on any atom is -0.360 e. The zero-order valence-corrected chi connectivity index (χ0v) is 12.8. The van der Waals surface area contributed by atoms with Crippen molar-refractivity contribution in [3.05, 3.63) is 60.3 Å². The zero-order valence-electron chi connectivity index (χ0n) is 12.0. The molecule has 2 aromatic heterocycles. The maximum atomic E-state index is 4.52. The number of H-pyrrole nitrogens is 1. The van der Waals surface area contributed by atoms with Crippen LogP contribution in [0.15, 0.2) is 59.8 Å². The van der Waals surface area contributed by atoms with Crippen molar-refractivity contribution in [1.29, 1.82) is 0 Å². The van der Waals surface area contributed by atoms with Gasteiger partial charge in [0.2, 0.25) is 5.13 Å². The molecule has 0 aliphatic carbocycles. The molecule has 22 heavy (non-hydrogen) atoms. The van der Waals surface area contributed by atoms with E-state index in [-0.39, 0.29) is 0 Å². The second-order valence-electron chi connectivity index (χ2n) is 5.04. The van der Waals surface area contributed by atoms with Gasteiger partial charge in [-0.15, -0.1) is 0 Å². The van der Waals surface area contributed by atoms with Crippen molar-refractivity contribution in [3.63, 3.8) is 0 Å². The van der Waals surface area contributed by atoms with Gasteiger partial charge in [-0.25, -0.2) is 4.98 Å². The van der Waals surface area contributed by atoms with Crippen molar-refractivity contribution < 1.29 is 0 Å². The second kappa shape index (κ2) is 5.27. The van der Waals surface area contributed by atoms with Crippen molar-refractivity contribution in [3.8, 4) is 0 Å². The summed E-state index contributed by atoms with van der Waals surface area (Å²) in [7, 11) is 0. The first-order valence-electron chi connectivity index (χ1n) is 7.03. The highest BCUT2D eigenvalue weighted by Crippen LogP contribution is 2.25. The van der Waals surface area contributed by atoms with E-state index < -0.39 is 0 Å². The average molecular weight is 306 g/mol. The Hall–Kier alpha value is -2.66. The molecule has 2 heterocycles. The van der Waals surface area contributed by atoms with Gasteiger partial charge in [0.25, 0.3) is 0 Å². The molecule has 0 unspecified atom stereocenters. The first-order valence-corrected chi connectivity index (χ1v) is 7.85. The molecule has 0 radical (unpaired) electrons. The van der Waals surface area contributed by atoms with E-state index in [1.807, 2.05) is 43.5 Å². The van der Waals surface area contributed by atoms with E-state index >= 15 is 0 Å². The van der Waals surface area contributed by atoms with Crippen LogP contribution in [0, 0.1) is 0 Å². The lowest BCUT2D eigenvalue weighted by atomic mass is 10.1. The van der Waals surface area contributed by atoms with Gasteiger partial charge in [0, 0.05) is 22.7 Å². The SMILES string of the molecule is C/C(=N\Nc1nc2ccccc2s1)c1c[nH]c2ccccc12. The normalized spacial score (nSPS) is 12.1. The zero-order chi connectivity index (χ0) is 14.9. The molecule has 0 bridgehead atoms. The molecule has 4 aromatic rings. The molecule has 0 spiro atoms. The largest absolute Gasteiger partial charge is 0.360 e. The molecule has 5 heteroatoms. The summed E-state index contributed by atoms with van der Waals surface area (Å²) in [4.78, 5) is 7.79. The van der Waals surface area contributed by atoms with E-state index in [2.05, 4.69) is 38.7 Å². The van der Waals surface area contributed by atoms with E-state index in [1.54, 1.807) is 11.3 Å². The molecule has 4 rings (SSSR count). The van der Waals surface area contributed by atoms with Gasteiger partial charge in [-0.2, -0.15) is 5.10 Å². The fourth-order valence-corrected chi connectivity index (χ4v) is 3.29. The van der Waals surface area contributed by atoms with Crippen molar-refractivity contribution >= 4 is 43.3 Å². The fourth-order valence-electron chi connectivity index (χ4n) is 2.48. The van der Waals surface area contributed by atoms with Gasteiger partial charge in [0.15, 0.2) is 0 Å². The van der Waals surface area contributed by atoms with E-state index in [1.165, 1.54) is 5.39 Å². The van der Waals surface area contributed by atoms with E-state index in [0.29, 0.717) is 0 Å². The second-order valence-corrected chi connectivity index (χ2v) is 6.07. The Morgan fingerprint density at radius 1 is 1.14 bits per heavy atom. The van der Waals surface area contributed by atoms with E-state index in [4.69, 9.17) is 0 Å². The van der Waals surface area contributed by atoms with Crippen LogP contribution in [0.3, 0.4) is 0 Å². The van der Waals surface area contributed by atoms with Gasteiger partial charge in [0.1, 0.15) is 0 Å². The molecule has 0 aliphatic rings. The minimum absolute atomic E-state index is 0.806. The monoisotopic (exact) mass is 306 g/mol. The molecule has 0 saturated carbocycles. The molecular weight excluding hydrogens is 292 g/mol. The molecule has 0 fully saturated rings. The lowest BCUT2D eigenvalue weighted by molar-refractivity contribution is 1.29. The summed E-state index contributed by atoms with van der Waals surface area (Å²) in [5, 5.41) is 6.46. The molecule has 4 nitrogen and oxygen atoms in total.